The second-order valence-electron chi connectivity index (χ2n) is 3.79. The smallest absolute Gasteiger partial charge is 0.262 e. The van der Waals surface area contributed by atoms with E-state index in [1.807, 2.05) is 12.1 Å². The molecule has 5 heteroatoms. The van der Waals surface area contributed by atoms with E-state index in [4.69, 9.17) is 11.6 Å². The van der Waals surface area contributed by atoms with Gasteiger partial charge >= 0.3 is 0 Å². The molecule has 0 aliphatic carbocycles. The zero-order chi connectivity index (χ0) is 12.0. The number of hydrogen-bond acceptors (Lipinski definition) is 2. The van der Waals surface area contributed by atoms with Crippen molar-refractivity contribution >= 4 is 27.3 Å². The molecule has 2 aromatic rings. The van der Waals surface area contributed by atoms with Crippen LogP contribution >= 0.6 is 11.6 Å². The van der Waals surface area contributed by atoms with Gasteiger partial charge in [-0.3, -0.25) is 4.72 Å². The molecule has 0 unspecified atom stereocenters. The number of nitrogens with one attached hydrogen (secondary N) is 1. The van der Waals surface area contributed by atoms with Crippen molar-refractivity contribution in [2.45, 2.75) is 4.90 Å². The van der Waals surface area contributed by atoms with Crippen LogP contribution in [0.1, 0.15) is 0 Å². The fraction of sp³-hybridized carbons (Fsp3) is 0. The summed E-state index contributed by atoms with van der Waals surface area (Å²) in [5, 5.41) is 0.505. The maximum atomic E-state index is 12.0. The summed E-state index contributed by atoms with van der Waals surface area (Å²) < 4.78 is 26.5. The van der Waals surface area contributed by atoms with E-state index >= 15 is 0 Å². The summed E-state index contributed by atoms with van der Waals surface area (Å²) in [5.74, 6) is 0. The van der Waals surface area contributed by atoms with Gasteiger partial charge in [0.15, 0.2) is 0 Å². The Labute approximate surface area is 104 Å². The standard InChI is InChI=1S/C12H8ClNO2S/c13-8-5-6-9-10-3-1-2-4-12(10)17(15,16)14-11(9)7-8/h1-7,14H. The quantitative estimate of drug-likeness (QED) is 0.795. The zero-order valence-electron chi connectivity index (χ0n) is 8.64. The van der Waals surface area contributed by atoms with Gasteiger partial charge in [0.05, 0.1) is 10.6 Å². The highest BCUT2D eigenvalue weighted by atomic mass is 35.5. The number of anilines is 1. The lowest BCUT2D eigenvalue weighted by atomic mass is 10.0. The summed E-state index contributed by atoms with van der Waals surface area (Å²) in [7, 11) is -3.48. The van der Waals surface area contributed by atoms with Crippen LogP contribution in [0.15, 0.2) is 47.4 Å². The Balaban J connectivity index is 2.39. The molecule has 86 valence electrons. The van der Waals surface area contributed by atoms with Gasteiger partial charge in [-0.2, -0.15) is 0 Å². The van der Waals surface area contributed by atoms with Gasteiger partial charge in [-0.15, -0.1) is 0 Å². The Morgan fingerprint density at radius 2 is 1.76 bits per heavy atom. The van der Waals surface area contributed by atoms with Gasteiger partial charge in [0, 0.05) is 16.1 Å². The molecule has 3 nitrogen and oxygen atoms in total. The van der Waals surface area contributed by atoms with Gasteiger partial charge in [0.25, 0.3) is 10.0 Å². The molecule has 0 aromatic heterocycles. The third-order valence-electron chi connectivity index (χ3n) is 2.69. The second-order valence-corrected chi connectivity index (χ2v) is 5.88. The molecule has 0 amide bonds. The van der Waals surface area contributed by atoms with Crippen LogP contribution in [0.4, 0.5) is 5.69 Å². The first-order valence-corrected chi connectivity index (χ1v) is 6.86. The molecule has 0 saturated carbocycles. The van der Waals surface area contributed by atoms with Crippen molar-refractivity contribution in [2.75, 3.05) is 4.72 Å². The molecule has 0 bridgehead atoms. The summed E-state index contributed by atoms with van der Waals surface area (Å²) in [5.41, 5.74) is 2.08. The Morgan fingerprint density at radius 3 is 2.59 bits per heavy atom. The topological polar surface area (TPSA) is 46.2 Å². The predicted octanol–water partition coefficient (Wildman–Crippen LogP) is 3.12. The Morgan fingerprint density at radius 1 is 1.00 bits per heavy atom. The number of sulfonamides is 1. The van der Waals surface area contributed by atoms with E-state index in [-0.39, 0.29) is 0 Å². The van der Waals surface area contributed by atoms with E-state index in [2.05, 4.69) is 4.72 Å². The van der Waals surface area contributed by atoms with E-state index in [1.54, 1.807) is 30.3 Å². The maximum Gasteiger partial charge on any atom is 0.262 e. The van der Waals surface area contributed by atoms with Crippen LogP contribution in [0.5, 0.6) is 0 Å². The van der Waals surface area contributed by atoms with Crippen molar-refractivity contribution < 1.29 is 8.42 Å². The first-order chi connectivity index (χ1) is 8.08. The number of halogens is 1. The zero-order valence-corrected chi connectivity index (χ0v) is 10.2. The third-order valence-corrected chi connectivity index (χ3v) is 4.35. The molecule has 1 aliphatic heterocycles. The van der Waals surface area contributed by atoms with Gasteiger partial charge in [0.2, 0.25) is 0 Å². The molecule has 1 heterocycles. The van der Waals surface area contributed by atoms with Crippen molar-refractivity contribution in [1.29, 1.82) is 0 Å². The van der Waals surface area contributed by atoms with Crippen molar-refractivity contribution in [3.8, 4) is 11.1 Å². The van der Waals surface area contributed by atoms with E-state index in [0.717, 1.165) is 5.56 Å². The molecule has 0 atom stereocenters. The van der Waals surface area contributed by atoms with Crippen LogP contribution in [-0.2, 0) is 10.0 Å². The van der Waals surface area contributed by atoms with Gasteiger partial charge in [-0.25, -0.2) is 8.42 Å². The fourth-order valence-corrected chi connectivity index (χ4v) is 3.42. The van der Waals surface area contributed by atoms with E-state index < -0.39 is 10.0 Å². The first-order valence-electron chi connectivity index (χ1n) is 5.00. The van der Waals surface area contributed by atoms with E-state index in [0.29, 0.717) is 21.2 Å². The number of fused-ring (bicyclic) bond motifs is 3. The first kappa shape index (κ1) is 10.6. The molecular formula is C12H8ClNO2S. The molecule has 1 aliphatic rings. The minimum atomic E-state index is -3.48. The number of benzene rings is 2. The Kier molecular flexibility index (Phi) is 2.18. The molecule has 1 N–H and O–H groups in total. The third kappa shape index (κ3) is 1.61. The van der Waals surface area contributed by atoms with Crippen LogP contribution < -0.4 is 4.72 Å². The lowest BCUT2D eigenvalue weighted by molar-refractivity contribution is 0.601. The highest BCUT2D eigenvalue weighted by Crippen LogP contribution is 2.39. The molecule has 3 rings (SSSR count). The van der Waals surface area contributed by atoms with Crippen LogP contribution in [-0.4, -0.2) is 8.42 Å². The molecule has 0 fully saturated rings. The Hall–Kier alpha value is -1.52. The van der Waals surface area contributed by atoms with Crippen LogP contribution in [0.3, 0.4) is 0 Å². The van der Waals surface area contributed by atoms with Gasteiger partial charge in [-0.1, -0.05) is 35.9 Å². The molecule has 2 aromatic carbocycles. The second kappa shape index (κ2) is 3.48. The number of hydrogen-bond donors (Lipinski definition) is 1. The summed E-state index contributed by atoms with van der Waals surface area (Å²) >= 11 is 5.86. The lowest BCUT2D eigenvalue weighted by Crippen LogP contribution is -2.18. The summed E-state index contributed by atoms with van der Waals surface area (Å²) in [6, 6.07) is 12.1. The molecule has 0 radical (unpaired) electrons. The van der Waals surface area contributed by atoms with Crippen molar-refractivity contribution in [3.05, 3.63) is 47.5 Å². The van der Waals surface area contributed by atoms with E-state index in [9.17, 15) is 8.42 Å². The average molecular weight is 266 g/mol. The summed E-state index contributed by atoms with van der Waals surface area (Å²) in [4.78, 5) is 0.301. The summed E-state index contributed by atoms with van der Waals surface area (Å²) in [6.07, 6.45) is 0. The normalized spacial score (nSPS) is 15.6. The minimum Gasteiger partial charge on any atom is -0.279 e. The monoisotopic (exact) mass is 265 g/mol. The van der Waals surface area contributed by atoms with Gasteiger partial charge in [-0.05, 0) is 18.2 Å². The SMILES string of the molecule is O=S1(=O)Nc2cc(Cl)ccc2-c2ccccc21. The molecular weight excluding hydrogens is 258 g/mol. The van der Waals surface area contributed by atoms with Crippen molar-refractivity contribution in [2.24, 2.45) is 0 Å². The predicted molar refractivity (Wildman–Crippen MR) is 67.7 cm³/mol. The lowest BCUT2D eigenvalue weighted by Gasteiger charge is -2.21. The van der Waals surface area contributed by atoms with Crippen LogP contribution in [0.25, 0.3) is 11.1 Å². The molecule has 0 saturated heterocycles. The van der Waals surface area contributed by atoms with Crippen LogP contribution in [0.2, 0.25) is 5.02 Å². The average Bonchev–Trinajstić information content (AvgIpc) is 2.28. The van der Waals surface area contributed by atoms with E-state index in [1.165, 1.54) is 0 Å². The Bertz CT molecular complexity index is 710. The number of rotatable bonds is 0. The molecule has 0 spiro atoms. The largest absolute Gasteiger partial charge is 0.279 e. The minimum absolute atomic E-state index is 0.301. The highest BCUT2D eigenvalue weighted by Gasteiger charge is 2.26. The fourth-order valence-electron chi connectivity index (χ4n) is 1.96. The highest BCUT2D eigenvalue weighted by molar-refractivity contribution is 7.93. The van der Waals surface area contributed by atoms with Gasteiger partial charge in [0.1, 0.15) is 0 Å². The van der Waals surface area contributed by atoms with Crippen molar-refractivity contribution in [1.82, 2.24) is 0 Å². The summed E-state index contributed by atoms with van der Waals surface area (Å²) in [6.45, 7) is 0. The maximum absolute atomic E-state index is 12.0. The van der Waals surface area contributed by atoms with Crippen molar-refractivity contribution in [3.63, 3.8) is 0 Å². The molecule has 17 heavy (non-hydrogen) atoms. The van der Waals surface area contributed by atoms with Crippen LogP contribution in [0, 0.1) is 0 Å². The van der Waals surface area contributed by atoms with Gasteiger partial charge < -0.3 is 0 Å².